The number of aliphatic carboxylic acids is 1. The highest BCUT2D eigenvalue weighted by Gasteiger charge is 2.15. The van der Waals surface area contributed by atoms with Crippen LogP contribution in [-0.2, 0) is 11.8 Å². The molecular formula is C8H13N3O2. The number of aryl methyl sites for hydroxylation is 1. The fraction of sp³-hybridized carbons (Fsp3) is 0.500. The number of nitrogens with zero attached hydrogens (tertiary/aromatic N) is 2. The smallest absolute Gasteiger partial charge is 0.304 e. The molecule has 3 N–H and O–H groups in total. The van der Waals surface area contributed by atoms with Gasteiger partial charge in [0.05, 0.1) is 12.1 Å². The molecule has 1 unspecified atom stereocenters. The van der Waals surface area contributed by atoms with Gasteiger partial charge in [-0.1, -0.05) is 0 Å². The van der Waals surface area contributed by atoms with E-state index in [1.807, 2.05) is 0 Å². The molecule has 0 aromatic carbocycles. The van der Waals surface area contributed by atoms with Crippen molar-refractivity contribution in [2.75, 3.05) is 6.54 Å². The van der Waals surface area contributed by atoms with Crippen molar-refractivity contribution in [3.63, 3.8) is 0 Å². The number of carboxylic acids is 1. The van der Waals surface area contributed by atoms with E-state index in [9.17, 15) is 4.79 Å². The van der Waals surface area contributed by atoms with Gasteiger partial charge >= 0.3 is 5.97 Å². The summed E-state index contributed by atoms with van der Waals surface area (Å²) in [6.07, 6.45) is 1.81. The molecule has 5 heteroatoms. The van der Waals surface area contributed by atoms with E-state index < -0.39 is 5.97 Å². The van der Waals surface area contributed by atoms with Crippen LogP contribution in [0, 0.1) is 0 Å². The second kappa shape index (κ2) is 4.04. The summed E-state index contributed by atoms with van der Waals surface area (Å²) in [5.74, 6) is -1.03. The second-order valence-electron chi connectivity index (χ2n) is 2.94. The first-order valence-corrected chi connectivity index (χ1v) is 4.05. The third-order valence-corrected chi connectivity index (χ3v) is 1.86. The summed E-state index contributed by atoms with van der Waals surface area (Å²) < 4.78 is 1.64. The van der Waals surface area contributed by atoms with Gasteiger partial charge in [-0.2, -0.15) is 5.10 Å². The fourth-order valence-corrected chi connectivity index (χ4v) is 1.17. The van der Waals surface area contributed by atoms with E-state index in [1.54, 1.807) is 24.0 Å². The topological polar surface area (TPSA) is 81.1 Å². The van der Waals surface area contributed by atoms with Crippen molar-refractivity contribution in [3.8, 4) is 0 Å². The standard InChI is InChI=1S/C8H13N3O2/c1-11-3-2-7(10-11)6(5-9)4-8(12)13/h2-3,6H,4-5,9H2,1H3,(H,12,13). The summed E-state index contributed by atoms with van der Waals surface area (Å²) >= 11 is 0. The lowest BCUT2D eigenvalue weighted by molar-refractivity contribution is -0.137. The Morgan fingerprint density at radius 3 is 2.92 bits per heavy atom. The summed E-state index contributed by atoms with van der Waals surface area (Å²) in [7, 11) is 1.79. The van der Waals surface area contributed by atoms with Gasteiger partial charge in [-0.15, -0.1) is 0 Å². The molecule has 1 atom stereocenters. The molecule has 0 aliphatic heterocycles. The Morgan fingerprint density at radius 2 is 2.54 bits per heavy atom. The number of carbonyl (C=O) groups is 1. The van der Waals surface area contributed by atoms with Crippen LogP contribution in [0.1, 0.15) is 18.0 Å². The number of aromatic nitrogens is 2. The monoisotopic (exact) mass is 183 g/mol. The van der Waals surface area contributed by atoms with Crippen LogP contribution < -0.4 is 5.73 Å². The molecule has 0 spiro atoms. The molecule has 13 heavy (non-hydrogen) atoms. The lowest BCUT2D eigenvalue weighted by Crippen LogP contribution is -2.17. The van der Waals surface area contributed by atoms with Crippen LogP contribution in [-0.4, -0.2) is 27.4 Å². The second-order valence-corrected chi connectivity index (χ2v) is 2.94. The van der Waals surface area contributed by atoms with E-state index in [0.29, 0.717) is 6.54 Å². The minimum Gasteiger partial charge on any atom is -0.481 e. The fourth-order valence-electron chi connectivity index (χ4n) is 1.17. The summed E-state index contributed by atoms with van der Waals surface area (Å²) in [6.45, 7) is 0.309. The van der Waals surface area contributed by atoms with Gasteiger partial charge in [0.2, 0.25) is 0 Å². The molecule has 0 saturated carbocycles. The van der Waals surface area contributed by atoms with Gasteiger partial charge in [0.1, 0.15) is 0 Å². The minimum atomic E-state index is -0.846. The van der Waals surface area contributed by atoms with Crippen LogP contribution in [0.2, 0.25) is 0 Å². The Bertz CT molecular complexity index is 295. The highest BCUT2D eigenvalue weighted by Crippen LogP contribution is 2.15. The van der Waals surface area contributed by atoms with E-state index in [0.717, 1.165) is 5.69 Å². The van der Waals surface area contributed by atoms with Gasteiger partial charge in [0.15, 0.2) is 0 Å². The highest BCUT2D eigenvalue weighted by atomic mass is 16.4. The molecule has 0 aliphatic carbocycles. The molecule has 1 rings (SSSR count). The number of rotatable bonds is 4. The first kappa shape index (κ1) is 9.73. The molecule has 0 fully saturated rings. The van der Waals surface area contributed by atoms with Crippen molar-refractivity contribution in [2.45, 2.75) is 12.3 Å². The predicted octanol–water partition coefficient (Wildman–Crippen LogP) is -0.0629. The third kappa shape index (κ3) is 2.55. The molecule has 1 aromatic rings. The van der Waals surface area contributed by atoms with Gasteiger partial charge in [-0.25, -0.2) is 0 Å². The number of hydrogen-bond donors (Lipinski definition) is 2. The van der Waals surface area contributed by atoms with Crippen LogP contribution in [0.15, 0.2) is 12.3 Å². The molecule has 5 nitrogen and oxygen atoms in total. The molecule has 0 radical (unpaired) electrons. The van der Waals surface area contributed by atoms with Gasteiger partial charge in [0.25, 0.3) is 0 Å². The van der Waals surface area contributed by atoms with Gasteiger partial charge < -0.3 is 10.8 Å². The van der Waals surface area contributed by atoms with Gasteiger partial charge in [-0.3, -0.25) is 9.48 Å². The van der Waals surface area contributed by atoms with E-state index >= 15 is 0 Å². The lowest BCUT2D eigenvalue weighted by Gasteiger charge is -2.07. The van der Waals surface area contributed by atoms with E-state index in [-0.39, 0.29) is 12.3 Å². The SMILES string of the molecule is Cn1ccc(C(CN)CC(=O)O)n1. The third-order valence-electron chi connectivity index (χ3n) is 1.86. The molecular weight excluding hydrogens is 170 g/mol. The number of carboxylic acid groups (broad SMARTS) is 1. The normalized spacial score (nSPS) is 12.8. The summed E-state index contributed by atoms with van der Waals surface area (Å²) in [5.41, 5.74) is 6.19. The van der Waals surface area contributed by atoms with Crippen LogP contribution in [0.4, 0.5) is 0 Å². The van der Waals surface area contributed by atoms with Crippen molar-refractivity contribution in [2.24, 2.45) is 12.8 Å². The Kier molecular flexibility index (Phi) is 3.02. The summed E-state index contributed by atoms with van der Waals surface area (Å²) in [5, 5.41) is 12.7. The van der Waals surface area contributed by atoms with Crippen molar-refractivity contribution in [1.82, 2.24) is 9.78 Å². The van der Waals surface area contributed by atoms with Crippen LogP contribution in [0.25, 0.3) is 0 Å². The molecule has 1 aromatic heterocycles. The molecule has 0 bridgehead atoms. The zero-order valence-corrected chi connectivity index (χ0v) is 7.47. The number of hydrogen-bond acceptors (Lipinski definition) is 3. The average molecular weight is 183 g/mol. The quantitative estimate of drug-likeness (QED) is 0.685. The molecule has 0 aliphatic rings. The zero-order valence-electron chi connectivity index (χ0n) is 7.47. The van der Waals surface area contributed by atoms with Crippen molar-refractivity contribution >= 4 is 5.97 Å². The minimum absolute atomic E-state index is 0.0352. The van der Waals surface area contributed by atoms with E-state index in [2.05, 4.69) is 5.10 Å². The zero-order chi connectivity index (χ0) is 9.84. The molecule has 0 saturated heterocycles. The van der Waals surface area contributed by atoms with Gasteiger partial charge in [-0.05, 0) is 6.07 Å². The maximum Gasteiger partial charge on any atom is 0.304 e. The Balaban J connectivity index is 2.72. The maximum atomic E-state index is 10.5. The average Bonchev–Trinajstić information content (AvgIpc) is 2.47. The summed E-state index contributed by atoms with van der Waals surface area (Å²) in [6, 6.07) is 1.79. The van der Waals surface area contributed by atoms with Crippen molar-refractivity contribution in [3.05, 3.63) is 18.0 Å². The highest BCUT2D eigenvalue weighted by molar-refractivity contribution is 5.67. The first-order valence-electron chi connectivity index (χ1n) is 4.05. The number of nitrogens with two attached hydrogens (primary N) is 1. The predicted molar refractivity (Wildman–Crippen MR) is 47.3 cm³/mol. The molecule has 0 amide bonds. The van der Waals surface area contributed by atoms with Gasteiger partial charge in [0, 0.05) is 25.7 Å². The lowest BCUT2D eigenvalue weighted by atomic mass is 10.0. The van der Waals surface area contributed by atoms with Crippen molar-refractivity contribution in [1.29, 1.82) is 0 Å². The van der Waals surface area contributed by atoms with Crippen LogP contribution in [0.5, 0.6) is 0 Å². The maximum absolute atomic E-state index is 10.5. The first-order chi connectivity index (χ1) is 6.13. The molecule has 1 heterocycles. The van der Waals surface area contributed by atoms with E-state index in [4.69, 9.17) is 10.8 Å². The van der Waals surface area contributed by atoms with E-state index in [1.165, 1.54) is 0 Å². The van der Waals surface area contributed by atoms with Crippen molar-refractivity contribution < 1.29 is 9.90 Å². The molecule has 72 valence electrons. The van der Waals surface area contributed by atoms with Crippen LogP contribution in [0.3, 0.4) is 0 Å². The largest absolute Gasteiger partial charge is 0.481 e. The Morgan fingerprint density at radius 1 is 1.85 bits per heavy atom. The van der Waals surface area contributed by atoms with Crippen LogP contribution >= 0.6 is 0 Å². The Hall–Kier alpha value is -1.36. The summed E-state index contributed by atoms with van der Waals surface area (Å²) in [4.78, 5) is 10.5. The Labute approximate surface area is 76.2 Å².